The van der Waals surface area contributed by atoms with Crippen LogP contribution in [0.4, 0.5) is 0 Å². The molecule has 0 bridgehead atoms. The van der Waals surface area contributed by atoms with Gasteiger partial charge in [-0.2, -0.15) is 0 Å². The summed E-state index contributed by atoms with van der Waals surface area (Å²) >= 11 is 0. The van der Waals surface area contributed by atoms with E-state index in [1.54, 1.807) is 0 Å². The summed E-state index contributed by atoms with van der Waals surface area (Å²) < 4.78 is 11.8. The van der Waals surface area contributed by atoms with Gasteiger partial charge in [0.05, 0.1) is 6.61 Å². The minimum absolute atomic E-state index is 0.0645. The molecule has 1 heterocycles. The highest BCUT2D eigenvalue weighted by atomic mass is 16.5. The number of likely N-dealkylation sites (N-methyl/N-ethyl adjacent to an activating group) is 1. The third kappa shape index (κ3) is 5.29. The number of hydrogen-bond acceptors (Lipinski definition) is 4. The van der Waals surface area contributed by atoms with Crippen LogP contribution >= 0.6 is 0 Å². The molecule has 1 saturated heterocycles. The molecule has 0 aliphatic carbocycles. The van der Waals surface area contributed by atoms with E-state index in [4.69, 9.17) is 9.47 Å². The van der Waals surface area contributed by atoms with Crippen LogP contribution < -0.4 is 9.47 Å². The van der Waals surface area contributed by atoms with Crippen molar-refractivity contribution in [2.45, 2.75) is 13.5 Å². The van der Waals surface area contributed by atoms with Crippen molar-refractivity contribution >= 4 is 5.91 Å². The standard InChI is InChI=1S/C27H30N2O3/c1-3-31-26-14-11-23(27(30)29-17-15-28(2)16-18-29)19-24(26)20-32-25-12-9-22(10-13-25)21-7-5-4-6-8-21/h4-14,19H,3,15-18,20H2,1-2H3. The SMILES string of the molecule is CCOc1ccc(C(=O)N2CCN(C)CC2)cc1COc1ccc(-c2ccccc2)cc1. The Morgan fingerprint density at radius 2 is 1.53 bits per heavy atom. The maximum Gasteiger partial charge on any atom is 0.253 e. The summed E-state index contributed by atoms with van der Waals surface area (Å²) in [4.78, 5) is 17.2. The zero-order valence-corrected chi connectivity index (χ0v) is 18.8. The van der Waals surface area contributed by atoms with Crippen LogP contribution in [0.2, 0.25) is 0 Å². The first kappa shape index (κ1) is 21.9. The van der Waals surface area contributed by atoms with Crippen molar-refractivity contribution in [3.63, 3.8) is 0 Å². The lowest BCUT2D eigenvalue weighted by molar-refractivity contribution is 0.0664. The van der Waals surface area contributed by atoms with E-state index in [9.17, 15) is 4.79 Å². The van der Waals surface area contributed by atoms with Gasteiger partial charge in [0, 0.05) is 37.3 Å². The van der Waals surface area contributed by atoms with Gasteiger partial charge in [0.25, 0.3) is 5.91 Å². The lowest BCUT2D eigenvalue weighted by Crippen LogP contribution is -2.47. The second kappa shape index (κ2) is 10.3. The molecular formula is C27H30N2O3. The van der Waals surface area contributed by atoms with Gasteiger partial charge in [0.15, 0.2) is 0 Å². The molecule has 1 fully saturated rings. The summed E-state index contributed by atoms with van der Waals surface area (Å²) in [7, 11) is 2.08. The van der Waals surface area contributed by atoms with Crippen LogP contribution in [0.5, 0.6) is 11.5 Å². The van der Waals surface area contributed by atoms with Crippen LogP contribution in [0.15, 0.2) is 72.8 Å². The molecule has 3 aromatic carbocycles. The summed E-state index contributed by atoms with van der Waals surface area (Å²) in [5.74, 6) is 1.60. The first-order valence-electron chi connectivity index (χ1n) is 11.2. The van der Waals surface area contributed by atoms with Crippen LogP contribution in [0.1, 0.15) is 22.8 Å². The van der Waals surface area contributed by atoms with E-state index >= 15 is 0 Å². The Labute approximate surface area is 190 Å². The molecule has 5 heteroatoms. The van der Waals surface area contributed by atoms with Crippen LogP contribution in [0.3, 0.4) is 0 Å². The predicted molar refractivity (Wildman–Crippen MR) is 127 cm³/mol. The van der Waals surface area contributed by atoms with Crippen molar-refractivity contribution in [2.75, 3.05) is 39.8 Å². The average Bonchev–Trinajstić information content (AvgIpc) is 2.84. The number of piperazine rings is 1. The molecule has 0 saturated carbocycles. The molecule has 32 heavy (non-hydrogen) atoms. The van der Waals surface area contributed by atoms with E-state index in [0.29, 0.717) is 18.8 Å². The number of carbonyl (C=O) groups is 1. The van der Waals surface area contributed by atoms with Gasteiger partial charge >= 0.3 is 0 Å². The minimum Gasteiger partial charge on any atom is -0.493 e. The van der Waals surface area contributed by atoms with Gasteiger partial charge < -0.3 is 19.3 Å². The molecule has 5 nitrogen and oxygen atoms in total. The smallest absolute Gasteiger partial charge is 0.253 e. The number of ether oxygens (including phenoxy) is 2. The lowest BCUT2D eigenvalue weighted by atomic mass is 10.1. The van der Waals surface area contributed by atoms with Gasteiger partial charge in [0.1, 0.15) is 18.1 Å². The molecule has 0 spiro atoms. The molecule has 3 aromatic rings. The molecule has 0 aromatic heterocycles. The Balaban J connectivity index is 1.47. The molecule has 0 radical (unpaired) electrons. The minimum atomic E-state index is 0.0645. The van der Waals surface area contributed by atoms with Crippen LogP contribution in [0, 0.1) is 0 Å². The summed E-state index contributed by atoms with van der Waals surface area (Å²) in [6, 6.07) is 24.0. The molecule has 1 aliphatic heterocycles. The van der Waals surface area contributed by atoms with E-state index < -0.39 is 0 Å². The molecule has 0 N–H and O–H groups in total. The first-order valence-corrected chi connectivity index (χ1v) is 11.2. The topological polar surface area (TPSA) is 42.0 Å². The molecule has 0 unspecified atom stereocenters. The zero-order valence-electron chi connectivity index (χ0n) is 18.8. The second-order valence-corrected chi connectivity index (χ2v) is 8.03. The van der Waals surface area contributed by atoms with Crippen LogP contribution in [-0.4, -0.2) is 55.5 Å². The van der Waals surface area contributed by atoms with E-state index in [2.05, 4.69) is 36.2 Å². The number of benzene rings is 3. The maximum atomic E-state index is 13.0. The van der Waals surface area contributed by atoms with E-state index in [1.165, 1.54) is 5.56 Å². The Kier molecular flexibility index (Phi) is 7.07. The second-order valence-electron chi connectivity index (χ2n) is 8.03. The molecule has 1 amide bonds. The van der Waals surface area contributed by atoms with Crippen LogP contribution in [0.25, 0.3) is 11.1 Å². The van der Waals surface area contributed by atoms with Gasteiger partial charge in [-0.05, 0) is 55.4 Å². The molecule has 4 rings (SSSR count). The third-order valence-corrected chi connectivity index (χ3v) is 5.75. The van der Waals surface area contributed by atoms with E-state index in [1.807, 2.05) is 60.4 Å². The Hall–Kier alpha value is -3.31. The van der Waals surface area contributed by atoms with Crippen molar-refractivity contribution in [2.24, 2.45) is 0 Å². The fourth-order valence-corrected chi connectivity index (χ4v) is 3.85. The lowest BCUT2D eigenvalue weighted by Gasteiger charge is -2.32. The maximum absolute atomic E-state index is 13.0. The van der Waals surface area contributed by atoms with Crippen molar-refractivity contribution in [1.82, 2.24) is 9.80 Å². The average molecular weight is 431 g/mol. The molecular weight excluding hydrogens is 400 g/mol. The van der Waals surface area contributed by atoms with E-state index in [0.717, 1.165) is 48.8 Å². The largest absolute Gasteiger partial charge is 0.493 e. The Morgan fingerprint density at radius 3 is 2.22 bits per heavy atom. The van der Waals surface area contributed by atoms with E-state index in [-0.39, 0.29) is 5.91 Å². The number of amides is 1. The number of carbonyl (C=O) groups excluding carboxylic acids is 1. The Morgan fingerprint density at radius 1 is 0.844 bits per heavy atom. The third-order valence-electron chi connectivity index (χ3n) is 5.75. The first-order chi connectivity index (χ1) is 15.6. The molecule has 0 atom stereocenters. The number of hydrogen-bond donors (Lipinski definition) is 0. The van der Waals surface area contributed by atoms with Gasteiger partial charge in [-0.3, -0.25) is 4.79 Å². The highest BCUT2D eigenvalue weighted by Crippen LogP contribution is 2.26. The van der Waals surface area contributed by atoms with Crippen molar-refractivity contribution < 1.29 is 14.3 Å². The van der Waals surface area contributed by atoms with Gasteiger partial charge in [-0.15, -0.1) is 0 Å². The summed E-state index contributed by atoms with van der Waals surface area (Å²) in [6.07, 6.45) is 0. The van der Waals surface area contributed by atoms with Crippen molar-refractivity contribution in [1.29, 1.82) is 0 Å². The highest BCUT2D eigenvalue weighted by molar-refractivity contribution is 5.94. The monoisotopic (exact) mass is 430 g/mol. The number of rotatable bonds is 7. The quantitative estimate of drug-likeness (QED) is 0.544. The van der Waals surface area contributed by atoms with Crippen molar-refractivity contribution in [3.8, 4) is 22.6 Å². The summed E-state index contributed by atoms with van der Waals surface area (Å²) in [6.45, 7) is 6.16. The fraction of sp³-hybridized carbons (Fsp3) is 0.296. The van der Waals surface area contributed by atoms with Crippen LogP contribution in [-0.2, 0) is 6.61 Å². The fourth-order valence-electron chi connectivity index (χ4n) is 3.85. The zero-order chi connectivity index (χ0) is 22.3. The van der Waals surface area contributed by atoms with Gasteiger partial charge in [-0.25, -0.2) is 0 Å². The van der Waals surface area contributed by atoms with Crippen molar-refractivity contribution in [3.05, 3.63) is 83.9 Å². The molecule has 1 aliphatic rings. The summed E-state index contributed by atoms with van der Waals surface area (Å²) in [5, 5.41) is 0. The summed E-state index contributed by atoms with van der Waals surface area (Å²) in [5.41, 5.74) is 3.87. The predicted octanol–water partition coefficient (Wildman–Crippen LogP) is 4.72. The van der Waals surface area contributed by atoms with Gasteiger partial charge in [-0.1, -0.05) is 42.5 Å². The highest BCUT2D eigenvalue weighted by Gasteiger charge is 2.21. The number of nitrogens with zero attached hydrogens (tertiary/aromatic N) is 2. The van der Waals surface area contributed by atoms with Gasteiger partial charge in [0.2, 0.25) is 0 Å². The molecule has 166 valence electrons. The Bertz CT molecular complexity index is 1030. The normalized spacial score (nSPS) is 14.2.